The van der Waals surface area contributed by atoms with Crippen LogP contribution >= 0.6 is 0 Å². The molecule has 0 aliphatic carbocycles. The zero-order valence-corrected chi connectivity index (χ0v) is 15.2. The summed E-state index contributed by atoms with van der Waals surface area (Å²) in [5, 5.41) is 10.4. The van der Waals surface area contributed by atoms with Gasteiger partial charge in [-0.3, -0.25) is 0 Å². The highest BCUT2D eigenvalue weighted by atomic mass is 15.2. The Labute approximate surface area is 151 Å². The van der Waals surface area contributed by atoms with Crippen molar-refractivity contribution in [1.82, 2.24) is 9.80 Å². The summed E-state index contributed by atoms with van der Waals surface area (Å²) in [6.45, 7) is 4.17. The minimum absolute atomic E-state index is 0.310. The first kappa shape index (κ1) is 17.7. The summed E-state index contributed by atoms with van der Waals surface area (Å²) in [5.74, 6) is 0.310. The SMILES string of the molecule is CN(C)CCN1CCC(C(C#N)(c2ccccc2)c2ccccc2)C1. The quantitative estimate of drug-likeness (QED) is 0.812. The van der Waals surface area contributed by atoms with Crippen molar-refractivity contribution in [2.75, 3.05) is 40.3 Å². The van der Waals surface area contributed by atoms with Crippen LogP contribution in [0.25, 0.3) is 0 Å². The fourth-order valence-electron chi connectivity index (χ4n) is 3.99. The molecule has 0 saturated carbocycles. The van der Waals surface area contributed by atoms with Crippen LogP contribution in [0.1, 0.15) is 17.5 Å². The van der Waals surface area contributed by atoms with Crippen molar-refractivity contribution >= 4 is 0 Å². The minimum Gasteiger partial charge on any atom is -0.308 e. The number of nitriles is 1. The van der Waals surface area contributed by atoms with Gasteiger partial charge in [0.15, 0.2) is 0 Å². The van der Waals surface area contributed by atoms with Gasteiger partial charge in [0.1, 0.15) is 5.41 Å². The van der Waals surface area contributed by atoms with Crippen LogP contribution in [-0.2, 0) is 5.41 Å². The molecule has 1 atom stereocenters. The smallest absolute Gasteiger partial charge is 0.111 e. The molecule has 1 heterocycles. The van der Waals surface area contributed by atoms with Crippen LogP contribution in [-0.4, -0.2) is 50.1 Å². The molecule has 2 aromatic rings. The molecule has 1 aliphatic rings. The second-order valence-electron chi connectivity index (χ2n) is 7.24. The first-order chi connectivity index (χ1) is 12.2. The van der Waals surface area contributed by atoms with Crippen LogP contribution in [0.4, 0.5) is 0 Å². The predicted molar refractivity (Wildman–Crippen MR) is 102 cm³/mol. The van der Waals surface area contributed by atoms with Gasteiger partial charge in [0.05, 0.1) is 6.07 Å². The second kappa shape index (κ2) is 7.82. The van der Waals surface area contributed by atoms with Crippen LogP contribution in [0.15, 0.2) is 60.7 Å². The highest BCUT2D eigenvalue weighted by molar-refractivity contribution is 5.47. The van der Waals surface area contributed by atoms with Gasteiger partial charge in [0, 0.05) is 19.6 Å². The number of likely N-dealkylation sites (N-methyl/N-ethyl adjacent to an activating group) is 1. The molecular weight excluding hydrogens is 306 g/mol. The van der Waals surface area contributed by atoms with Gasteiger partial charge < -0.3 is 9.80 Å². The molecule has 25 heavy (non-hydrogen) atoms. The zero-order valence-electron chi connectivity index (χ0n) is 15.2. The Balaban J connectivity index is 1.95. The maximum Gasteiger partial charge on any atom is 0.111 e. The Morgan fingerprint density at radius 3 is 2.08 bits per heavy atom. The maximum atomic E-state index is 10.4. The van der Waals surface area contributed by atoms with Gasteiger partial charge in [-0.05, 0) is 44.1 Å². The Kier molecular flexibility index (Phi) is 5.53. The van der Waals surface area contributed by atoms with Gasteiger partial charge in [-0.2, -0.15) is 5.26 Å². The third-order valence-electron chi connectivity index (χ3n) is 5.38. The Bertz CT molecular complexity index is 664. The Hall–Kier alpha value is -2.15. The Morgan fingerprint density at radius 2 is 1.60 bits per heavy atom. The first-order valence-corrected chi connectivity index (χ1v) is 9.06. The molecule has 1 saturated heterocycles. The number of benzene rings is 2. The van der Waals surface area contributed by atoms with Gasteiger partial charge in [-0.25, -0.2) is 0 Å². The van der Waals surface area contributed by atoms with Crippen LogP contribution in [0, 0.1) is 17.2 Å². The molecule has 3 heteroatoms. The molecule has 0 amide bonds. The van der Waals surface area contributed by atoms with E-state index >= 15 is 0 Å². The van der Waals surface area contributed by atoms with E-state index in [0.717, 1.165) is 43.7 Å². The third kappa shape index (κ3) is 3.61. The maximum absolute atomic E-state index is 10.4. The van der Waals surface area contributed by atoms with Crippen LogP contribution in [0.2, 0.25) is 0 Å². The summed E-state index contributed by atoms with van der Waals surface area (Å²) in [6, 6.07) is 23.4. The minimum atomic E-state index is -0.574. The molecule has 130 valence electrons. The third-order valence-corrected chi connectivity index (χ3v) is 5.38. The van der Waals surface area contributed by atoms with E-state index < -0.39 is 5.41 Å². The van der Waals surface area contributed by atoms with Gasteiger partial charge in [0.25, 0.3) is 0 Å². The molecule has 2 aromatic carbocycles. The first-order valence-electron chi connectivity index (χ1n) is 9.06. The molecule has 3 rings (SSSR count). The number of rotatable bonds is 6. The van der Waals surface area contributed by atoms with Gasteiger partial charge >= 0.3 is 0 Å². The summed E-state index contributed by atoms with van der Waals surface area (Å²) in [5.41, 5.74) is 1.65. The molecule has 0 aromatic heterocycles. The Morgan fingerprint density at radius 1 is 1.04 bits per heavy atom. The van der Waals surface area contributed by atoms with Crippen molar-refractivity contribution in [1.29, 1.82) is 5.26 Å². The number of hydrogen-bond acceptors (Lipinski definition) is 3. The lowest BCUT2D eigenvalue weighted by Crippen LogP contribution is -2.38. The lowest BCUT2D eigenvalue weighted by Gasteiger charge is -2.34. The van der Waals surface area contributed by atoms with Crippen molar-refractivity contribution in [2.24, 2.45) is 5.92 Å². The van der Waals surface area contributed by atoms with E-state index in [-0.39, 0.29) is 0 Å². The van der Waals surface area contributed by atoms with Gasteiger partial charge in [0.2, 0.25) is 0 Å². The van der Waals surface area contributed by atoms with Crippen molar-refractivity contribution in [3.63, 3.8) is 0 Å². The van der Waals surface area contributed by atoms with E-state index in [1.165, 1.54) is 0 Å². The second-order valence-corrected chi connectivity index (χ2v) is 7.24. The molecule has 1 aliphatic heterocycles. The summed E-state index contributed by atoms with van der Waals surface area (Å²) in [6.07, 6.45) is 1.06. The summed E-state index contributed by atoms with van der Waals surface area (Å²) in [7, 11) is 4.22. The van der Waals surface area contributed by atoms with Gasteiger partial charge in [-0.15, -0.1) is 0 Å². The lowest BCUT2D eigenvalue weighted by atomic mass is 9.66. The van der Waals surface area contributed by atoms with Crippen LogP contribution < -0.4 is 0 Å². The van der Waals surface area contributed by atoms with Crippen molar-refractivity contribution in [3.05, 3.63) is 71.8 Å². The summed E-state index contributed by atoms with van der Waals surface area (Å²) in [4.78, 5) is 4.72. The molecule has 0 bridgehead atoms. The fourth-order valence-corrected chi connectivity index (χ4v) is 3.99. The standard InChI is InChI=1S/C22H27N3/c1-24(2)15-16-25-14-13-21(17-25)22(18-23,19-9-5-3-6-10-19)20-11-7-4-8-12-20/h3-12,21H,13-17H2,1-2H3. The topological polar surface area (TPSA) is 30.3 Å². The lowest BCUT2D eigenvalue weighted by molar-refractivity contribution is 0.266. The largest absolute Gasteiger partial charge is 0.308 e. The van der Waals surface area contributed by atoms with Crippen molar-refractivity contribution < 1.29 is 0 Å². The average Bonchev–Trinajstić information content (AvgIpc) is 3.12. The van der Waals surface area contributed by atoms with Gasteiger partial charge in [-0.1, -0.05) is 60.7 Å². The normalized spacial score (nSPS) is 18.4. The highest BCUT2D eigenvalue weighted by Gasteiger charge is 2.45. The molecule has 0 radical (unpaired) electrons. The van der Waals surface area contributed by atoms with Crippen LogP contribution in [0.3, 0.4) is 0 Å². The molecule has 1 unspecified atom stereocenters. The highest BCUT2D eigenvalue weighted by Crippen LogP contribution is 2.43. The van der Waals surface area contributed by atoms with Crippen molar-refractivity contribution in [2.45, 2.75) is 11.8 Å². The monoisotopic (exact) mass is 333 g/mol. The molecule has 1 fully saturated rings. The molecule has 0 N–H and O–H groups in total. The van der Waals surface area contributed by atoms with Crippen LogP contribution in [0.5, 0.6) is 0 Å². The van der Waals surface area contributed by atoms with E-state index in [2.05, 4.69) is 54.2 Å². The predicted octanol–water partition coefficient (Wildman–Crippen LogP) is 3.38. The van der Waals surface area contributed by atoms with E-state index in [0.29, 0.717) is 5.92 Å². The van der Waals surface area contributed by atoms with E-state index in [1.807, 2.05) is 36.4 Å². The van der Waals surface area contributed by atoms with E-state index in [9.17, 15) is 5.26 Å². The number of nitrogens with zero attached hydrogens (tertiary/aromatic N) is 3. The van der Waals surface area contributed by atoms with E-state index in [4.69, 9.17) is 0 Å². The fraction of sp³-hybridized carbons (Fsp3) is 0.409. The van der Waals surface area contributed by atoms with Crippen molar-refractivity contribution in [3.8, 4) is 6.07 Å². The molecule has 0 spiro atoms. The number of hydrogen-bond donors (Lipinski definition) is 0. The number of likely N-dealkylation sites (tertiary alicyclic amines) is 1. The summed E-state index contributed by atoms with van der Waals surface area (Å²) < 4.78 is 0. The van der Waals surface area contributed by atoms with E-state index in [1.54, 1.807) is 0 Å². The summed E-state index contributed by atoms with van der Waals surface area (Å²) >= 11 is 0. The zero-order chi connectivity index (χ0) is 17.7. The molecule has 3 nitrogen and oxygen atoms in total. The average molecular weight is 333 g/mol. The molecular formula is C22H27N3.